The summed E-state index contributed by atoms with van der Waals surface area (Å²) in [5, 5.41) is 0. The number of carbonyl (C=O) groups is 1. The summed E-state index contributed by atoms with van der Waals surface area (Å²) in [5.74, 6) is 0.815. The molecule has 140 valence electrons. The van der Waals surface area contributed by atoms with Crippen LogP contribution in [0.5, 0.6) is 5.75 Å². The zero-order valence-electron chi connectivity index (χ0n) is 15.5. The number of rotatable bonds is 4. The third-order valence-corrected chi connectivity index (χ3v) is 6.23. The van der Waals surface area contributed by atoms with Gasteiger partial charge in [0.25, 0.3) is 0 Å². The van der Waals surface area contributed by atoms with Gasteiger partial charge in [-0.2, -0.15) is 0 Å². The van der Waals surface area contributed by atoms with Crippen LogP contribution in [-0.2, 0) is 24.1 Å². The topological polar surface area (TPSA) is 42.0 Å². The van der Waals surface area contributed by atoms with E-state index in [1.165, 1.54) is 11.1 Å². The molecule has 0 radical (unpaired) electrons. The number of nitrogens with zero attached hydrogens (tertiary/aromatic N) is 2. The van der Waals surface area contributed by atoms with Crippen molar-refractivity contribution in [3.63, 3.8) is 0 Å². The summed E-state index contributed by atoms with van der Waals surface area (Å²) in [6, 6.07) is 17.2. The maximum atomic E-state index is 12.4. The summed E-state index contributed by atoms with van der Waals surface area (Å²) < 4.78 is 11.2. The second kappa shape index (κ2) is 6.57. The minimum absolute atomic E-state index is 0.0316. The standard InChI is InChI=1S/C22H24N2O3/c1-26-20-9-5-4-8-17(20)12-24-19-13-23(14-21(19)27-22(24)25)18-10-15-6-2-3-7-16(15)11-18/h2-9,18-19,21H,10-14H2,1H3/t19-,21+/m0/s1. The van der Waals surface area contributed by atoms with Crippen molar-refractivity contribution in [3.8, 4) is 5.75 Å². The number of carbonyl (C=O) groups excluding carboxylic acids is 1. The van der Waals surface area contributed by atoms with Crippen molar-refractivity contribution in [3.05, 3.63) is 65.2 Å². The van der Waals surface area contributed by atoms with Gasteiger partial charge in [0.15, 0.2) is 0 Å². The molecule has 5 nitrogen and oxygen atoms in total. The number of ether oxygens (including phenoxy) is 2. The molecule has 0 unspecified atom stereocenters. The summed E-state index contributed by atoms with van der Waals surface area (Å²) in [5.41, 5.74) is 3.94. The summed E-state index contributed by atoms with van der Waals surface area (Å²) in [6.07, 6.45) is 1.95. The fourth-order valence-electron chi connectivity index (χ4n) is 4.82. The largest absolute Gasteiger partial charge is 0.496 e. The summed E-state index contributed by atoms with van der Waals surface area (Å²) in [4.78, 5) is 16.8. The molecule has 2 fully saturated rings. The lowest BCUT2D eigenvalue weighted by molar-refractivity contribution is 0.112. The molecule has 27 heavy (non-hydrogen) atoms. The molecule has 3 aliphatic rings. The molecule has 2 heterocycles. The Labute approximate surface area is 159 Å². The highest BCUT2D eigenvalue weighted by atomic mass is 16.6. The molecule has 1 aliphatic carbocycles. The van der Waals surface area contributed by atoms with E-state index in [9.17, 15) is 4.79 Å². The van der Waals surface area contributed by atoms with Gasteiger partial charge in [0.05, 0.1) is 19.7 Å². The van der Waals surface area contributed by atoms with Gasteiger partial charge in [0.2, 0.25) is 0 Å². The predicted octanol–water partition coefficient (Wildman–Crippen LogP) is 2.87. The number of benzene rings is 2. The molecule has 0 aromatic heterocycles. The number of hydrogen-bond donors (Lipinski definition) is 0. The lowest BCUT2D eigenvalue weighted by atomic mass is 10.1. The lowest BCUT2D eigenvalue weighted by Crippen LogP contribution is -2.40. The number of amides is 1. The first-order chi connectivity index (χ1) is 13.2. The molecule has 5 rings (SSSR count). The molecule has 5 heteroatoms. The van der Waals surface area contributed by atoms with Gasteiger partial charge in [-0.3, -0.25) is 9.80 Å². The first kappa shape index (κ1) is 16.6. The van der Waals surface area contributed by atoms with Crippen LogP contribution in [0.25, 0.3) is 0 Å². The molecule has 0 saturated carbocycles. The summed E-state index contributed by atoms with van der Waals surface area (Å²) in [6.45, 7) is 2.24. The van der Waals surface area contributed by atoms with Gasteiger partial charge in [0, 0.05) is 24.7 Å². The van der Waals surface area contributed by atoms with Crippen molar-refractivity contribution >= 4 is 6.09 Å². The predicted molar refractivity (Wildman–Crippen MR) is 102 cm³/mol. The average molecular weight is 364 g/mol. The Kier molecular flexibility index (Phi) is 4.05. The second-order valence-electron chi connectivity index (χ2n) is 7.71. The van der Waals surface area contributed by atoms with Crippen molar-refractivity contribution in [2.24, 2.45) is 0 Å². The van der Waals surface area contributed by atoms with Gasteiger partial charge >= 0.3 is 6.09 Å². The summed E-state index contributed by atoms with van der Waals surface area (Å²) >= 11 is 0. The minimum Gasteiger partial charge on any atom is -0.496 e. The Morgan fingerprint density at radius 3 is 2.48 bits per heavy atom. The average Bonchev–Trinajstić information content (AvgIpc) is 3.36. The molecule has 2 aliphatic heterocycles. The highest BCUT2D eigenvalue weighted by molar-refractivity contribution is 5.71. The number of likely N-dealkylation sites (tertiary alicyclic amines) is 1. The van der Waals surface area contributed by atoms with Crippen LogP contribution >= 0.6 is 0 Å². The van der Waals surface area contributed by atoms with Crippen LogP contribution in [0.15, 0.2) is 48.5 Å². The highest BCUT2D eigenvalue weighted by Crippen LogP contribution is 2.34. The van der Waals surface area contributed by atoms with Crippen LogP contribution in [-0.4, -0.2) is 54.3 Å². The van der Waals surface area contributed by atoms with Crippen LogP contribution in [0.1, 0.15) is 16.7 Å². The van der Waals surface area contributed by atoms with E-state index >= 15 is 0 Å². The molecule has 2 saturated heterocycles. The van der Waals surface area contributed by atoms with Gasteiger partial charge < -0.3 is 9.47 Å². The van der Waals surface area contributed by atoms with Gasteiger partial charge in [0.1, 0.15) is 11.9 Å². The molecule has 1 amide bonds. The van der Waals surface area contributed by atoms with Crippen molar-refractivity contribution in [2.45, 2.75) is 37.6 Å². The highest BCUT2D eigenvalue weighted by Gasteiger charge is 2.49. The zero-order valence-corrected chi connectivity index (χ0v) is 15.5. The van der Waals surface area contributed by atoms with Crippen molar-refractivity contribution < 1.29 is 14.3 Å². The quantitative estimate of drug-likeness (QED) is 0.837. The molecule has 0 bridgehead atoms. The number of methoxy groups -OCH3 is 1. The normalized spacial score (nSPS) is 24.8. The third kappa shape index (κ3) is 2.86. The third-order valence-electron chi connectivity index (χ3n) is 6.23. The Bertz CT molecular complexity index is 843. The van der Waals surface area contributed by atoms with Crippen molar-refractivity contribution in [2.75, 3.05) is 20.2 Å². The second-order valence-corrected chi connectivity index (χ2v) is 7.71. The van der Waals surface area contributed by atoms with Crippen LogP contribution in [0.4, 0.5) is 4.79 Å². The lowest BCUT2D eigenvalue weighted by Gasteiger charge is -2.26. The van der Waals surface area contributed by atoms with Gasteiger partial charge in [-0.25, -0.2) is 4.79 Å². The molecule has 2 aromatic carbocycles. The fraction of sp³-hybridized carbons (Fsp3) is 0.409. The van der Waals surface area contributed by atoms with Crippen LogP contribution in [0.3, 0.4) is 0 Å². The van der Waals surface area contributed by atoms with E-state index in [0.717, 1.165) is 37.2 Å². The number of hydrogen-bond acceptors (Lipinski definition) is 4. The molecule has 0 N–H and O–H groups in total. The molecule has 0 spiro atoms. The Balaban J connectivity index is 1.30. The molecule has 2 atom stereocenters. The van der Waals surface area contributed by atoms with E-state index in [1.54, 1.807) is 7.11 Å². The Morgan fingerprint density at radius 1 is 1.04 bits per heavy atom. The van der Waals surface area contributed by atoms with Crippen LogP contribution in [0.2, 0.25) is 0 Å². The van der Waals surface area contributed by atoms with Crippen molar-refractivity contribution in [1.82, 2.24) is 9.80 Å². The molecule has 2 aromatic rings. The van der Waals surface area contributed by atoms with E-state index in [-0.39, 0.29) is 18.2 Å². The van der Waals surface area contributed by atoms with Gasteiger partial charge in [-0.05, 0) is 30.0 Å². The SMILES string of the molecule is COc1ccccc1CN1C(=O)O[C@@H]2CN(C3Cc4ccccc4C3)C[C@@H]21. The first-order valence-electron chi connectivity index (χ1n) is 9.63. The van der Waals surface area contributed by atoms with E-state index in [2.05, 4.69) is 29.2 Å². The van der Waals surface area contributed by atoms with E-state index in [1.807, 2.05) is 29.2 Å². The van der Waals surface area contributed by atoms with Crippen LogP contribution in [0, 0.1) is 0 Å². The number of para-hydroxylation sites is 1. The van der Waals surface area contributed by atoms with Crippen LogP contribution < -0.4 is 4.74 Å². The smallest absolute Gasteiger partial charge is 0.410 e. The zero-order chi connectivity index (χ0) is 18.4. The van der Waals surface area contributed by atoms with Gasteiger partial charge in [-0.1, -0.05) is 42.5 Å². The van der Waals surface area contributed by atoms with E-state index in [0.29, 0.717) is 12.6 Å². The Morgan fingerprint density at radius 2 is 1.74 bits per heavy atom. The summed E-state index contributed by atoms with van der Waals surface area (Å²) in [7, 11) is 1.67. The number of fused-ring (bicyclic) bond motifs is 2. The minimum atomic E-state index is -0.203. The van der Waals surface area contributed by atoms with E-state index < -0.39 is 0 Å². The first-order valence-corrected chi connectivity index (χ1v) is 9.63. The van der Waals surface area contributed by atoms with E-state index in [4.69, 9.17) is 9.47 Å². The van der Waals surface area contributed by atoms with Crippen molar-refractivity contribution in [1.29, 1.82) is 0 Å². The molecular formula is C22H24N2O3. The van der Waals surface area contributed by atoms with Gasteiger partial charge in [-0.15, -0.1) is 0 Å². The molecular weight excluding hydrogens is 340 g/mol. The maximum Gasteiger partial charge on any atom is 0.410 e. The maximum absolute atomic E-state index is 12.4. The Hall–Kier alpha value is -2.53. The fourth-order valence-corrected chi connectivity index (χ4v) is 4.82. The monoisotopic (exact) mass is 364 g/mol.